The van der Waals surface area contributed by atoms with Crippen molar-refractivity contribution < 1.29 is 18.3 Å². The molecule has 0 fully saturated rings. The number of nitrogens with zero attached hydrogens (tertiary/aromatic N) is 1. The number of hydrogen-bond donors (Lipinski definition) is 2. The summed E-state index contributed by atoms with van der Waals surface area (Å²) in [6.45, 7) is 1.96. The van der Waals surface area contributed by atoms with Crippen LogP contribution in [0.3, 0.4) is 0 Å². The van der Waals surface area contributed by atoms with Crippen LogP contribution in [0, 0.1) is 0 Å². The Morgan fingerprint density at radius 2 is 1.88 bits per heavy atom. The Hall–Kier alpha value is -2.80. The maximum atomic E-state index is 11.6. The van der Waals surface area contributed by atoms with Crippen molar-refractivity contribution in [2.45, 2.75) is 18.8 Å². The molecule has 0 saturated carbocycles. The van der Waals surface area contributed by atoms with Gasteiger partial charge in [-0.05, 0) is 36.8 Å². The van der Waals surface area contributed by atoms with Crippen LogP contribution in [0.15, 0.2) is 54.6 Å². The SMILES string of the molecule is CC(Nc1cccc(Cn2c(C(=O)O)cc3ccccc32)c1)S(C)(=O)=O. The van der Waals surface area contributed by atoms with E-state index in [1.807, 2.05) is 42.5 Å². The van der Waals surface area contributed by atoms with Crippen LogP contribution in [0.4, 0.5) is 5.69 Å². The summed E-state index contributed by atoms with van der Waals surface area (Å²) in [5, 5.41) is 12.6. The minimum atomic E-state index is -3.20. The molecular weight excluding hydrogens is 352 g/mol. The van der Waals surface area contributed by atoms with Crippen LogP contribution in [0.5, 0.6) is 0 Å². The predicted molar refractivity (Wildman–Crippen MR) is 102 cm³/mol. The second kappa shape index (κ2) is 6.84. The standard InChI is InChI=1S/C19H20N2O4S/c1-13(26(2,24)25)20-16-8-5-6-14(10-16)12-21-17-9-4-3-7-15(17)11-18(21)19(22)23/h3-11,13,20H,12H2,1-2H3,(H,22,23). The van der Waals surface area contributed by atoms with E-state index in [0.29, 0.717) is 12.2 Å². The fourth-order valence-corrected chi connectivity index (χ4v) is 3.19. The largest absolute Gasteiger partial charge is 0.477 e. The summed E-state index contributed by atoms with van der Waals surface area (Å²) in [6.07, 6.45) is 1.18. The fourth-order valence-electron chi connectivity index (χ4n) is 2.84. The van der Waals surface area contributed by atoms with E-state index in [0.717, 1.165) is 16.5 Å². The third-order valence-corrected chi connectivity index (χ3v) is 5.71. The second-order valence-electron chi connectivity index (χ2n) is 6.30. The van der Waals surface area contributed by atoms with Gasteiger partial charge in [-0.25, -0.2) is 13.2 Å². The zero-order chi connectivity index (χ0) is 18.9. The van der Waals surface area contributed by atoms with E-state index in [1.165, 1.54) is 6.26 Å². The minimum absolute atomic E-state index is 0.217. The Balaban J connectivity index is 1.95. The minimum Gasteiger partial charge on any atom is -0.477 e. The highest BCUT2D eigenvalue weighted by Crippen LogP contribution is 2.22. The molecule has 1 atom stereocenters. The highest BCUT2D eigenvalue weighted by molar-refractivity contribution is 7.91. The number of aromatic nitrogens is 1. The van der Waals surface area contributed by atoms with Crippen LogP contribution < -0.4 is 5.32 Å². The number of fused-ring (bicyclic) bond motifs is 1. The molecule has 0 aliphatic heterocycles. The molecule has 1 aromatic heterocycles. The van der Waals surface area contributed by atoms with Crippen molar-refractivity contribution >= 4 is 32.4 Å². The van der Waals surface area contributed by atoms with E-state index < -0.39 is 21.2 Å². The Bertz CT molecular complexity index is 1070. The number of carbonyl (C=O) groups is 1. The van der Waals surface area contributed by atoms with Crippen LogP contribution in [0.2, 0.25) is 0 Å². The Kier molecular flexibility index (Phi) is 4.73. The first kappa shape index (κ1) is 18.0. The van der Waals surface area contributed by atoms with Crippen LogP contribution in [0.1, 0.15) is 23.0 Å². The summed E-state index contributed by atoms with van der Waals surface area (Å²) in [4.78, 5) is 11.6. The number of rotatable bonds is 6. The van der Waals surface area contributed by atoms with Crippen molar-refractivity contribution in [3.63, 3.8) is 0 Å². The summed E-state index contributed by atoms with van der Waals surface area (Å²) in [5.41, 5.74) is 2.61. The van der Waals surface area contributed by atoms with E-state index in [9.17, 15) is 18.3 Å². The third-order valence-electron chi connectivity index (χ3n) is 4.31. The average molecular weight is 372 g/mol. The van der Waals surface area contributed by atoms with Crippen LogP contribution in [-0.2, 0) is 16.4 Å². The number of anilines is 1. The average Bonchev–Trinajstić information content (AvgIpc) is 2.93. The van der Waals surface area contributed by atoms with E-state index >= 15 is 0 Å². The summed E-state index contributed by atoms with van der Waals surface area (Å²) in [5.74, 6) is -0.985. The smallest absolute Gasteiger partial charge is 0.352 e. The molecule has 0 saturated heterocycles. The van der Waals surface area contributed by atoms with E-state index in [2.05, 4.69) is 5.32 Å². The monoisotopic (exact) mass is 372 g/mol. The number of nitrogens with one attached hydrogen (secondary N) is 1. The molecule has 1 unspecified atom stereocenters. The van der Waals surface area contributed by atoms with Gasteiger partial charge in [0, 0.05) is 29.4 Å². The third kappa shape index (κ3) is 3.72. The lowest BCUT2D eigenvalue weighted by Gasteiger charge is -2.15. The van der Waals surface area contributed by atoms with E-state index in [4.69, 9.17) is 0 Å². The molecule has 6 nitrogen and oxygen atoms in total. The maximum Gasteiger partial charge on any atom is 0.352 e. The Labute approximate surface area is 152 Å². The lowest BCUT2D eigenvalue weighted by atomic mass is 10.2. The van der Waals surface area contributed by atoms with Gasteiger partial charge in [0.25, 0.3) is 0 Å². The van der Waals surface area contributed by atoms with Gasteiger partial charge in [-0.15, -0.1) is 0 Å². The van der Waals surface area contributed by atoms with Gasteiger partial charge >= 0.3 is 5.97 Å². The van der Waals surface area contributed by atoms with Crippen molar-refractivity contribution in [2.75, 3.05) is 11.6 Å². The summed E-state index contributed by atoms with van der Waals surface area (Å²) in [7, 11) is -3.20. The van der Waals surface area contributed by atoms with Gasteiger partial charge in [-0.3, -0.25) is 0 Å². The lowest BCUT2D eigenvalue weighted by molar-refractivity contribution is 0.0686. The molecule has 3 rings (SSSR count). The summed E-state index contributed by atoms with van der Waals surface area (Å²) >= 11 is 0. The molecular formula is C19H20N2O4S. The first-order valence-electron chi connectivity index (χ1n) is 8.11. The molecule has 26 heavy (non-hydrogen) atoms. The number of aromatic carboxylic acids is 1. The normalized spacial score (nSPS) is 12.8. The number of para-hydroxylation sites is 1. The molecule has 2 aromatic carbocycles. The zero-order valence-electron chi connectivity index (χ0n) is 14.5. The summed E-state index contributed by atoms with van der Waals surface area (Å²) < 4.78 is 25.0. The molecule has 7 heteroatoms. The zero-order valence-corrected chi connectivity index (χ0v) is 15.3. The molecule has 0 aliphatic rings. The number of sulfone groups is 1. The first-order chi connectivity index (χ1) is 12.3. The van der Waals surface area contributed by atoms with Gasteiger partial charge in [-0.2, -0.15) is 0 Å². The van der Waals surface area contributed by atoms with Gasteiger partial charge in [0.05, 0.1) is 0 Å². The van der Waals surface area contributed by atoms with E-state index in [-0.39, 0.29) is 5.69 Å². The van der Waals surface area contributed by atoms with Gasteiger partial charge in [0.2, 0.25) is 0 Å². The topological polar surface area (TPSA) is 88.4 Å². The van der Waals surface area contributed by atoms with Crippen LogP contribution >= 0.6 is 0 Å². The molecule has 2 N–H and O–H groups in total. The Morgan fingerprint density at radius 3 is 2.58 bits per heavy atom. The number of benzene rings is 2. The van der Waals surface area contributed by atoms with Gasteiger partial charge in [0.15, 0.2) is 9.84 Å². The highest BCUT2D eigenvalue weighted by Gasteiger charge is 2.16. The molecule has 0 spiro atoms. The molecule has 0 aliphatic carbocycles. The number of carboxylic acids is 1. The highest BCUT2D eigenvalue weighted by atomic mass is 32.2. The van der Waals surface area contributed by atoms with E-state index in [1.54, 1.807) is 23.6 Å². The molecule has 3 aromatic rings. The van der Waals surface area contributed by atoms with Crippen molar-refractivity contribution in [1.82, 2.24) is 4.57 Å². The van der Waals surface area contributed by atoms with Crippen LogP contribution in [-0.4, -0.2) is 35.7 Å². The number of hydrogen-bond acceptors (Lipinski definition) is 4. The second-order valence-corrected chi connectivity index (χ2v) is 8.66. The van der Waals surface area contributed by atoms with Crippen molar-refractivity contribution in [1.29, 1.82) is 0 Å². The van der Waals surface area contributed by atoms with Crippen molar-refractivity contribution in [3.8, 4) is 0 Å². The van der Waals surface area contributed by atoms with Gasteiger partial charge in [-0.1, -0.05) is 30.3 Å². The Morgan fingerprint density at radius 1 is 1.15 bits per heavy atom. The number of carboxylic acid groups (broad SMARTS) is 1. The van der Waals surface area contributed by atoms with Crippen molar-refractivity contribution in [3.05, 3.63) is 65.9 Å². The first-order valence-corrected chi connectivity index (χ1v) is 10.1. The lowest BCUT2D eigenvalue weighted by Crippen LogP contribution is -2.25. The molecule has 136 valence electrons. The molecule has 0 amide bonds. The summed E-state index contributed by atoms with van der Waals surface area (Å²) in [6, 6.07) is 16.5. The predicted octanol–water partition coefficient (Wildman–Crippen LogP) is 3.19. The van der Waals surface area contributed by atoms with Gasteiger partial charge < -0.3 is 15.0 Å². The quantitative estimate of drug-likeness (QED) is 0.694. The maximum absolute atomic E-state index is 11.6. The van der Waals surface area contributed by atoms with Crippen molar-refractivity contribution in [2.24, 2.45) is 0 Å². The fraction of sp³-hybridized carbons (Fsp3) is 0.211. The molecule has 1 heterocycles. The molecule has 0 radical (unpaired) electrons. The molecule has 0 bridgehead atoms. The van der Waals surface area contributed by atoms with Gasteiger partial charge in [0.1, 0.15) is 11.1 Å². The van der Waals surface area contributed by atoms with Crippen LogP contribution in [0.25, 0.3) is 10.9 Å².